The molecule has 2 N–H and O–H groups in total. The summed E-state index contributed by atoms with van der Waals surface area (Å²) in [5, 5.41) is 3.72. The summed E-state index contributed by atoms with van der Waals surface area (Å²) in [5.74, 6) is -1.83. The minimum Gasteiger partial charge on any atom is -0.494 e. The highest BCUT2D eigenvalue weighted by atomic mass is 32.2. The molecule has 12 nitrogen and oxygen atoms in total. The van der Waals surface area contributed by atoms with E-state index in [0.29, 0.717) is 29.4 Å². The van der Waals surface area contributed by atoms with Gasteiger partial charge in [-0.05, 0) is 56.6 Å². The van der Waals surface area contributed by atoms with E-state index < -0.39 is 56.0 Å². The molecule has 2 saturated carbocycles. The van der Waals surface area contributed by atoms with Crippen LogP contribution in [-0.4, -0.2) is 79.2 Å². The van der Waals surface area contributed by atoms with Gasteiger partial charge >= 0.3 is 0 Å². The molecule has 0 spiro atoms. The van der Waals surface area contributed by atoms with Crippen molar-refractivity contribution in [2.75, 3.05) is 20.8 Å². The van der Waals surface area contributed by atoms with Crippen LogP contribution in [0.15, 0.2) is 30.5 Å². The smallest absolute Gasteiger partial charge is 0.259 e. The van der Waals surface area contributed by atoms with Crippen LogP contribution in [0.3, 0.4) is 0 Å². The topological polar surface area (TPSA) is 153 Å². The Balaban J connectivity index is 1.30. The number of methoxy groups -OCH3 is 2. The minimum atomic E-state index is -3.96. The summed E-state index contributed by atoms with van der Waals surface area (Å²) in [7, 11) is -1.13. The molecule has 2 aliphatic heterocycles. The standard InChI is InChI=1S/C35H45FN4O8S/c1-20-7-6-8-21(2)13-30(41)40-19-23(48-32-25-15-26(36)28(46-4)16-24(25)29(47-5)18-37-32)14-27(40)31(42)38-35(17-22(35)10-9-20)33(43)39-49(44,45)34(3)11-12-34/h9-10,15-16,18,20-23,27H,6-8,11-14,17,19H2,1-5H3,(H,38,42)(H,39,43)/b10-9-/t20-,21+,22+,23+,27-,35+/m0/s1. The lowest BCUT2D eigenvalue weighted by atomic mass is 9.95. The van der Waals surface area contributed by atoms with Crippen LogP contribution in [0.25, 0.3) is 10.8 Å². The number of ether oxygens (including phenoxy) is 3. The summed E-state index contributed by atoms with van der Waals surface area (Å²) in [6.45, 7) is 5.74. The molecule has 2 aliphatic carbocycles. The highest BCUT2D eigenvalue weighted by Crippen LogP contribution is 2.48. The van der Waals surface area contributed by atoms with Gasteiger partial charge in [0.05, 0.1) is 37.1 Å². The Morgan fingerprint density at radius 3 is 2.51 bits per heavy atom. The molecule has 2 aromatic rings. The maximum absolute atomic E-state index is 14.9. The summed E-state index contributed by atoms with van der Waals surface area (Å²) < 4.78 is 59.1. The number of hydrogen-bond donors (Lipinski definition) is 2. The largest absolute Gasteiger partial charge is 0.494 e. The first-order valence-corrected chi connectivity index (χ1v) is 18.4. The highest BCUT2D eigenvalue weighted by molar-refractivity contribution is 7.91. The van der Waals surface area contributed by atoms with Gasteiger partial charge in [0.1, 0.15) is 23.4 Å². The lowest BCUT2D eigenvalue weighted by Crippen LogP contribution is -2.57. The Labute approximate surface area is 286 Å². The van der Waals surface area contributed by atoms with Crippen LogP contribution >= 0.6 is 0 Å². The van der Waals surface area contributed by atoms with E-state index in [-0.39, 0.29) is 55.2 Å². The molecule has 49 heavy (non-hydrogen) atoms. The highest BCUT2D eigenvalue weighted by Gasteiger charge is 2.63. The molecule has 3 fully saturated rings. The van der Waals surface area contributed by atoms with Crippen molar-refractivity contribution < 1.29 is 41.4 Å². The quantitative estimate of drug-likeness (QED) is 0.408. The van der Waals surface area contributed by atoms with E-state index >= 15 is 0 Å². The van der Waals surface area contributed by atoms with Crippen molar-refractivity contribution in [2.45, 2.75) is 94.6 Å². The number of rotatable bonds is 7. The Morgan fingerprint density at radius 2 is 1.82 bits per heavy atom. The summed E-state index contributed by atoms with van der Waals surface area (Å²) in [6, 6.07) is 1.74. The SMILES string of the molecule is COc1cc2c(OC)cnc(O[C@@H]3C[C@H]4C(=O)N[C@]5(C(=O)NS(=O)(=O)C6(C)CC6)C[C@H]5/C=C\[C@@H](C)CCC[C@@H](C)CC(=O)N4C3)c2cc1F. The van der Waals surface area contributed by atoms with Crippen LogP contribution in [0, 0.1) is 23.6 Å². The first-order valence-electron chi connectivity index (χ1n) is 16.9. The van der Waals surface area contributed by atoms with Gasteiger partial charge in [0, 0.05) is 24.1 Å². The second-order valence-electron chi connectivity index (χ2n) is 14.5. The second kappa shape index (κ2) is 13.1. The molecular formula is C35H45FN4O8S. The Kier molecular flexibility index (Phi) is 9.31. The third-order valence-electron chi connectivity index (χ3n) is 10.6. The van der Waals surface area contributed by atoms with E-state index in [9.17, 15) is 27.2 Å². The molecule has 266 valence electrons. The van der Waals surface area contributed by atoms with Gasteiger partial charge in [0.15, 0.2) is 11.6 Å². The van der Waals surface area contributed by atoms with Crippen LogP contribution in [0.2, 0.25) is 0 Å². The molecule has 0 unspecified atom stereocenters. The van der Waals surface area contributed by atoms with E-state index in [1.54, 1.807) is 6.92 Å². The van der Waals surface area contributed by atoms with Crippen molar-refractivity contribution in [3.05, 3.63) is 36.3 Å². The number of sulfonamides is 1. The molecule has 14 heteroatoms. The van der Waals surface area contributed by atoms with E-state index in [1.165, 1.54) is 37.4 Å². The molecule has 0 bridgehead atoms. The Bertz CT molecular complexity index is 1800. The third kappa shape index (κ3) is 6.80. The van der Waals surface area contributed by atoms with Gasteiger partial charge in [-0.3, -0.25) is 19.1 Å². The molecule has 0 radical (unpaired) electrons. The van der Waals surface area contributed by atoms with Crippen LogP contribution in [0.4, 0.5) is 4.39 Å². The van der Waals surface area contributed by atoms with E-state index in [0.717, 1.165) is 19.3 Å². The van der Waals surface area contributed by atoms with Crippen molar-refractivity contribution in [3.8, 4) is 17.4 Å². The van der Waals surface area contributed by atoms with E-state index in [4.69, 9.17) is 14.2 Å². The number of amides is 3. The molecule has 4 aliphatic rings. The minimum absolute atomic E-state index is 0.0193. The normalized spacial score (nSPS) is 30.6. The number of nitrogens with zero attached hydrogens (tertiary/aromatic N) is 2. The van der Waals surface area contributed by atoms with Gasteiger partial charge in [-0.2, -0.15) is 0 Å². The number of fused-ring (bicyclic) bond motifs is 3. The zero-order valence-electron chi connectivity index (χ0n) is 28.6. The number of halogens is 1. The van der Waals surface area contributed by atoms with Crippen LogP contribution in [-0.2, 0) is 24.4 Å². The van der Waals surface area contributed by atoms with Gasteiger partial charge in [-0.1, -0.05) is 38.8 Å². The zero-order valence-corrected chi connectivity index (χ0v) is 29.4. The van der Waals surface area contributed by atoms with E-state index in [2.05, 4.69) is 21.9 Å². The van der Waals surface area contributed by atoms with Crippen molar-refractivity contribution >= 4 is 38.5 Å². The zero-order chi connectivity index (χ0) is 35.3. The van der Waals surface area contributed by atoms with Gasteiger partial charge < -0.3 is 24.4 Å². The molecule has 1 aromatic heterocycles. The predicted octanol–water partition coefficient (Wildman–Crippen LogP) is 4.02. The molecule has 3 heterocycles. The summed E-state index contributed by atoms with van der Waals surface area (Å²) in [5.41, 5.74) is -1.48. The van der Waals surface area contributed by atoms with Gasteiger partial charge in [0.2, 0.25) is 27.7 Å². The monoisotopic (exact) mass is 700 g/mol. The van der Waals surface area contributed by atoms with E-state index in [1.807, 2.05) is 19.1 Å². The molecule has 1 aromatic carbocycles. The maximum atomic E-state index is 14.9. The van der Waals surface area contributed by atoms with Crippen LogP contribution in [0.1, 0.15) is 72.1 Å². The lowest BCUT2D eigenvalue weighted by molar-refractivity contribution is -0.140. The van der Waals surface area contributed by atoms with Crippen LogP contribution in [0.5, 0.6) is 17.4 Å². The average Bonchev–Trinajstić information content (AvgIpc) is 3.93. The fourth-order valence-corrected chi connectivity index (χ4v) is 8.27. The fourth-order valence-electron chi connectivity index (χ4n) is 6.96. The number of hydrogen-bond acceptors (Lipinski definition) is 9. The van der Waals surface area contributed by atoms with Crippen molar-refractivity contribution in [3.63, 3.8) is 0 Å². The molecule has 1 saturated heterocycles. The summed E-state index contributed by atoms with van der Waals surface area (Å²) >= 11 is 0. The molecule has 3 amide bonds. The Hall–Kier alpha value is -3.94. The van der Waals surface area contributed by atoms with Crippen molar-refractivity contribution in [1.82, 2.24) is 19.9 Å². The second-order valence-corrected chi connectivity index (χ2v) is 16.7. The lowest BCUT2D eigenvalue weighted by Gasteiger charge is -2.27. The summed E-state index contributed by atoms with van der Waals surface area (Å²) in [6.07, 6.45) is 8.72. The number of carbonyl (C=O) groups is 3. The molecule has 6 rings (SSSR count). The first kappa shape index (κ1) is 34.9. The summed E-state index contributed by atoms with van der Waals surface area (Å²) in [4.78, 5) is 47.5. The number of pyridine rings is 1. The predicted molar refractivity (Wildman–Crippen MR) is 179 cm³/mol. The number of carbonyl (C=O) groups excluding carboxylic acids is 3. The van der Waals surface area contributed by atoms with Gasteiger partial charge in [-0.25, -0.2) is 17.8 Å². The number of benzene rings is 1. The Morgan fingerprint density at radius 1 is 1.08 bits per heavy atom. The number of nitrogens with one attached hydrogen (secondary N) is 2. The molecule has 6 atom stereocenters. The fraction of sp³-hybridized carbons (Fsp3) is 0.600. The van der Waals surface area contributed by atoms with Gasteiger partial charge in [0.25, 0.3) is 5.91 Å². The average molecular weight is 701 g/mol. The third-order valence-corrected chi connectivity index (χ3v) is 12.8. The van der Waals surface area contributed by atoms with Crippen molar-refractivity contribution in [1.29, 1.82) is 0 Å². The first-order chi connectivity index (χ1) is 23.2. The van der Waals surface area contributed by atoms with Gasteiger partial charge in [-0.15, -0.1) is 0 Å². The van der Waals surface area contributed by atoms with Crippen LogP contribution < -0.4 is 24.2 Å². The number of allylic oxidation sites excluding steroid dienone is 1. The molecular weight excluding hydrogens is 655 g/mol. The maximum Gasteiger partial charge on any atom is 0.259 e. The number of aromatic nitrogens is 1. The van der Waals surface area contributed by atoms with Crippen molar-refractivity contribution in [2.24, 2.45) is 17.8 Å².